The predicted molar refractivity (Wildman–Crippen MR) is 115 cm³/mol. The summed E-state index contributed by atoms with van der Waals surface area (Å²) in [6, 6.07) is 18.8. The number of amides is 2. The van der Waals surface area contributed by atoms with Gasteiger partial charge in [0.15, 0.2) is 0 Å². The number of likely N-dealkylation sites (N-methyl/N-ethyl adjacent to an activating group) is 1. The molecule has 6 heteroatoms. The monoisotopic (exact) mass is 408 g/mol. The number of fused-ring (bicyclic) bond motifs is 1. The second-order valence-electron chi connectivity index (χ2n) is 6.66. The van der Waals surface area contributed by atoms with Crippen LogP contribution in [0.2, 0.25) is 0 Å². The fraction of sp³-hybridized carbons (Fsp3) is 0.182. The minimum Gasteiger partial charge on any atom is -0.333 e. The lowest BCUT2D eigenvalue weighted by Crippen LogP contribution is -2.43. The molecule has 3 aromatic rings. The SMILES string of the molecule is CSc1cccc(NC(=O)C2c3ccccc3C(=O)N(C)C2c2cccs2)c1. The second-order valence-corrected chi connectivity index (χ2v) is 8.52. The Kier molecular flexibility index (Phi) is 5.24. The number of rotatable bonds is 4. The van der Waals surface area contributed by atoms with Crippen LogP contribution < -0.4 is 5.32 Å². The highest BCUT2D eigenvalue weighted by Crippen LogP contribution is 2.43. The van der Waals surface area contributed by atoms with Gasteiger partial charge in [0.2, 0.25) is 5.91 Å². The third-order valence-corrected chi connectivity index (χ3v) is 6.70. The van der Waals surface area contributed by atoms with Crippen molar-refractivity contribution in [2.45, 2.75) is 16.9 Å². The highest BCUT2D eigenvalue weighted by molar-refractivity contribution is 7.98. The van der Waals surface area contributed by atoms with Crippen molar-refractivity contribution >= 4 is 40.6 Å². The minimum absolute atomic E-state index is 0.0533. The van der Waals surface area contributed by atoms with E-state index >= 15 is 0 Å². The number of nitrogens with one attached hydrogen (secondary N) is 1. The Morgan fingerprint density at radius 3 is 2.68 bits per heavy atom. The van der Waals surface area contributed by atoms with Crippen LogP contribution in [0.3, 0.4) is 0 Å². The van der Waals surface area contributed by atoms with Crippen molar-refractivity contribution in [2.75, 3.05) is 18.6 Å². The fourth-order valence-corrected chi connectivity index (χ4v) is 5.06. The Balaban J connectivity index is 1.77. The first-order valence-electron chi connectivity index (χ1n) is 8.94. The molecule has 2 heterocycles. The van der Waals surface area contributed by atoms with Crippen LogP contribution in [0.15, 0.2) is 70.9 Å². The molecule has 0 spiro atoms. The first kappa shape index (κ1) is 18.8. The topological polar surface area (TPSA) is 49.4 Å². The Morgan fingerprint density at radius 1 is 1.11 bits per heavy atom. The smallest absolute Gasteiger partial charge is 0.254 e. The highest BCUT2D eigenvalue weighted by Gasteiger charge is 2.43. The number of thioether (sulfide) groups is 1. The number of carbonyl (C=O) groups is 2. The molecule has 2 unspecified atom stereocenters. The molecule has 2 amide bonds. The van der Waals surface area contributed by atoms with Crippen molar-refractivity contribution in [1.82, 2.24) is 4.90 Å². The molecule has 0 fully saturated rings. The Hall–Kier alpha value is -2.57. The summed E-state index contributed by atoms with van der Waals surface area (Å²) in [4.78, 5) is 30.1. The van der Waals surface area contributed by atoms with E-state index < -0.39 is 5.92 Å². The summed E-state index contributed by atoms with van der Waals surface area (Å²) in [5.74, 6) is -0.638. The summed E-state index contributed by atoms with van der Waals surface area (Å²) in [5.41, 5.74) is 2.14. The van der Waals surface area contributed by atoms with Crippen LogP contribution in [0, 0.1) is 0 Å². The van der Waals surface area contributed by atoms with E-state index in [9.17, 15) is 9.59 Å². The third kappa shape index (κ3) is 3.34. The molecule has 4 rings (SSSR count). The fourth-order valence-electron chi connectivity index (χ4n) is 3.69. The van der Waals surface area contributed by atoms with Gasteiger partial charge in [-0.05, 0) is 47.5 Å². The lowest BCUT2D eigenvalue weighted by molar-refractivity contribution is -0.119. The molecular weight excluding hydrogens is 388 g/mol. The molecule has 0 saturated carbocycles. The third-order valence-electron chi connectivity index (χ3n) is 5.03. The van der Waals surface area contributed by atoms with Crippen molar-refractivity contribution in [3.8, 4) is 0 Å². The van der Waals surface area contributed by atoms with E-state index in [0.717, 1.165) is 21.0 Å². The molecule has 1 aliphatic rings. The van der Waals surface area contributed by atoms with Crippen LogP contribution in [0.4, 0.5) is 5.69 Å². The van der Waals surface area contributed by atoms with Gasteiger partial charge in [-0.15, -0.1) is 23.1 Å². The molecule has 142 valence electrons. The van der Waals surface area contributed by atoms with Crippen molar-refractivity contribution in [1.29, 1.82) is 0 Å². The van der Waals surface area contributed by atoms with Gasteiger partial charge >= 0.3 is 0 Å². The van der Waals surface area contributed by atoms with Gasteiger partial charge in [0.25, 0.3) is 5.91 Å². The first-order chi connectivity index (χ1) is 13.6. The van der Waals surface area contributed by atoms with Crippen LogP contribution in [-0.2, 0) is 4.79 Å². The summed E-state index contributed by atoms with van der Waals surface area (Å²) >= 11 is 3.20. The lowest BCUT2D eigenvalue weighted by atomic mass is 9.81. The van der Waals surface area contributed by atoms with E-state index in [2.05, 4.69) is 5.32 Å². The van der Waals surface area contributed by atoms with Gasteiger partial charge in [0.05, 0.1) is 12.0 Å². The maximum atomic E-state index is 13.4. The summed E-state index contributed by atoms with van der Waals surface area (Å²) < 4.78 is 0. The highest BCUT2D eigenvalue weighted by atomic mass is 32.2. The number of carbonyl (C=O) groups excluding carboxylic acids is 2. The zero-order valence-corrected chi connectivity index (χ0v) is 17.2. The summed E-state index contributed by atoms with van der Waals surface area (Å²) in [5, 5.41) is 5.05. The van der Waals surface area contributed by atoms with E-state index in [1.807, 2.05) is 66.2 Å². The van der Waals surface area contributed by atoms with Crippen molar-refractivity contribution < 1.29 is 9.59 Å². The van der Waals surface area contributed by atoms with E-state index in [1.165, 1.54) is 0 Å². The summed E-state index contributed by atoms with van der Waals surface area (Å²) in [6.07, 6.45) is 2.01. The van der Waals surface area contributed by atoms with Gasteiger partial charge in [-0.2, -0.15) is 0 Å². The molecule has 0 bridgehead atoms. The minimum atomic E-state index is -0.476. The van der Waals surface area contributed by atoms with Crippen LogP contribution in [0.5, 0.6) is 0 Å². The molecule has 1 aliphatic heterocycles. The summed E-state index contributed by atoms with van der Waals surface area (Å²) in [6.45, 7) is 0. The molecule has 1 N–H and O–H groups in total. The second kappa shape index (κ2) is 7.81. The Labute approximate surface area is 172 Å². The molecule has 0 aliphatic carbocycles. The molecule has 0 radical (unpaired) electrons. The first-order valence-corrected chi connectivity index (χ1v) is 11.0. The number of benzene rings is 2. The standard InChI is InChI=1S/C22H20N2O2S2/c1-24-20(18-11-6-12-28-18)19(16-9-3-4-10-17(16)22(24)26)21(25)23-14-7-5-8-15(13-14)27-2/h3-13,19-20H,1-2H3,(H,23,25). The molecule has 28 heavy (non-hydrogen) atoms. The average molecular weight is 409 g/mol. The maximum Gasteiger partial charge on any atom is 0.254 e. The van der Waals surface area contributed by atoms with Crippen molar-refractivity contribution in [2.24, 2.45) is 0 Å². The lowest BCUT2D eigenvalue weighted by Gasteiger charge is -2.39. The molecular formula is C22H20N2O2S2. The van der Waals surface area contributed by atoms with Gasteiger partial charge in [0.1, 0.15) is 0 Å². The zero-order chi connectivity index (χ0) is 19.7. The van der Waals surface area contributed by atoms with Crippen LogP contribution >= 0.6 is 23.1 Å². The predicted octanol–water partition coefficient (Wildman–Crippen LogP) is 5.02. The number of hydrogen-bond acceptors (Lipinski definition) is 4. The molecule has 1 aromatic heterocycles. The van der Waals surface area contributed by atoms with Gasteiger partial charge in [-0.25, -0.2) is 0 Å². The maximum absolute atomic E-state index is 13.4. The number of hydrogen-bond donors (Lipinski definition) is 1. The average Bonchev–Trinajstić information content (AvgIpc) is 3.25. The normalized spacial score (nSPS) is 18.6. The largest absolute Gasteiger partial charge is 0.333 e. The zero-order valence-electron chi connectivity index (χ0n) is 15.6. The van der Waals surface area contributed by atoms with Gasteiger partial charge in [-0.1, -0.05) is 30.3 Å². The van der Waals surface area contributed by atoms with Gasteiger partial charge < -0.3 is 10.2 Å². The molecule has 2 aromatic carbocycles. The number of nitrogens with zero attached hydrogens (tertiary/aromatic N) is 1. The molecule has 4 nitrogen and oxygen atoms in total. The van der Waals surface area contributed by atoms with Crippen LogP contribution in [0.25, 0.3) is 0 Å². The van der Waals surface area contributed by atoms with E-state index in [1.54, 1.807) is 41.1 Å². The quantitative estimate of drug-likeness (QED) is 0.617. The number of thiophene rings is 1. The summed E-state index contributed by atoms with van der Waals surface area (Å²) in [7, 11) is 1.78. The van der Waals surface area contributed by atoms with Gasteiger partial charge in [0, 0.05) is 28.1 Å². The van der Waals surface area contributed by atoms with Crippen LogP contribution in [0.1, 0.15) is 32.8 Å². The molecule has 2 atom stereocenters. The van der Waals surface area contributed by atoms with E-state index in [0.29, 0.717) is 5.56 Å². The number of anilines is 1. The van der Waals surface area contributed by atoms with Gasteiger partial charge in [-0.3, -0.25) is 9.59 Å². The molecule has 0 saturated heterocycles. The Bertz CT molecular complexity index is 1020. The van der Waals surface area contributed by atoms with E-state index in [-0.39, 0.29) is 17.9 Å². The van der Waals surface area contributed by atoms with Crippen molar-refractivity contribution in [3.05, 3.63) is 82.0 Å². The van der Waals surface area contributed by atoms with Crippen molar-refractivity contribution in [3.63, 3.8) is 0 Å². The van der Waals surface area contributed by atoms with E-state index in [4.69, 9.17) is 0 Å². The van der Waals surface area contributed by atoms with Crippen LogP contribution in [-0.4, -0.2) is 30.0 Å². The Morgan fingerprint density at radius 2 is 1.93 bits per heavy atom.